The number of amides is 1. The number of pyridine rings is 2. The van der Waals surface area contributed by atoms with Crippen molar-refractivity contribution in [1.82, 2.24) is 14.3 Å². The molecule has 0 fully saturated rings. The Balaban J connectivity index is 1.70. The Labute approximate surface area is 156 Å². The van der Waals surface area contributed by atoms with Crippen molar-refractivity contribution in [2.45, 2.75) is 19.4 Å². The van der Waals surface area contributed by atoms with E-state index in [0.717, 1.165) is 28.3 Å². The van der Waals surface area contributed by atoms with E-state index in [-0.39, 0.29) is 12.0 Å². The van der Waals surface area contributed by atoms with Gasteiger partial charge in [0.05, 0.1) is 11.8 Å². The molecule has 0 aliphatic heterocycles. The third kappa shape index (κ3) is 5.01. The zero-order chi connectivity index (χ0) is 19.4. The van der Waals surface area contributed by atoms with Crippen LogP contribution in [0.3, 0.4) is 0 Å². The first-order valence-electron chi connectivity index (χ1n) is 8.38. The fraction of sp³-hybridized carbons (Fsp3) is 0.211. The molecule has 7 nitrogen and oxygen atoms in total. The number of nitrogens with one attached hydrogen (secondary N) is 1. The minimum Gasteiger partial charge on any atom is -0.315 e. The number of carbonyl (C=O) groups excluding carboxylic acids is 1. The van der Waals surface area contributed by atoms with E-state index in [1.165, 1.54) is 10.6 Å². The second-order valence-corrected chi connectivity index (χ2v) is 8.01. The molecule has 0 saturated carbocycles. The summed E-state index contributed by atoms with van der Waals surface area (Å²) in [6.07, 6.45) is 4.71. The Bertz CT molecular complexity index is 1150. The Morgan fingerprint density at radius 2 is 1.93 bits per heavy atom. The third-order valence-electron chi connectivity index (χ3n) is 4.02. The molecule has 0 unspecified atom stereocenters. The van der Waals surface area contributed by atoms with E-state index in [9.17, 15) is 18.0 Å². The van der Waals surface area contributed by atoms with Crippen molar-refractivity contribution in [3.63, 3.8) is 0 Å². The number of aryl methyl sites for hydroxylation is 1. The summed E-state index contributed by atoms with van der Waals surface area (Å²) < 4.78 is 25.4. The van der Waals surface area contributed by atoms with E-state index in [2.05, 4.69) is 4.98 Å². The molecule has 1 amide bonds. The second kappa shape index (κ2) is 7.71. The molecular weight excluding hydrogens is 366 g/mol. The average Bonchev–Trinajstić information content (AvgIpc) is 2.61. The van der Waals surface area contributed by atoms with E-state index in [4.69, 9.17) is 0 Å². The van der Waals surface area contributed by atoms with Crippen LogP contribution in [0.1, 0.15) is 12.8 Å². The molecule has 0 atom stereocenters. The zero-order valence-electron chi connectivity index (χ0n) is 14.8. The van der Waals surface area contributed by atoms with Crippen LogP contribution in [0.4, 0.5) is 0 Å². The minimum atomic E-state index is -3.55. The molecule has 3 rings (SSSR count). The largest absolute Gasteiger partial charge is 0.315 e. The predicted molar refractivity (Wildman–Crippen MR) is 104 cm³/mol. The van der Waals surface area contributed by atoms with Gasteiger partial charge in [0.1, 0.15) is 0 Å². The molecule has 0 bridgehead atoms. The van der Waals surface area contributed by atoms with Gasteiger partial charge in [0.2, 0.25) is 15.9 Å². The van der Waals surface area contributed by atoms with Crippen LogP contribution in [0.25, 0.3) is 22.0 Å². The fourth-order valence-corrected chi connectivity index (χ4v) is 3.28. The maximum absolute atomic E-state index is 12.3. The lowest BCUT2D eigenvalue weighted by Crippen LogP contribution is -2.29. The number of carbonyl (C=O) groups is 1. The highest BCUT2D eigenvalue weighted by Gasteiger charge is 2.08. The van der Waals surface area contributed by atoms with Gasteiger partial charge in [-0.1, -0.05) is 18.2 Å². The highest BCUT2D eigenvalue weighted by atomic mass is 32.2. The second-order valence-electron chi connectivity index (χ2n) is 6.26. The summed E-state index contributed by atoms with van der Waals surface area (Å²) in [5, 5.41) is 0.996. The van der Waals surface area contributed by atoms with E-state index in [1.807, 2.05) is 41.1 Å². The molecule has 1 aromatic carbocycles. The van der Waals surface area contributed by atoms with Crippen molar-refractivity contribution in [1.29, 1.82) is 0 Å². The Morgan fingerprint density at radius 1 is 1.15 bits per heavy atom. The van der Waals surface area contributed by atoms with Gasteiger partial charge in [-0.05, 0) is 30.2 Å². The van der Waals surface area contributed by atoms with Gasteiger partial charge in [0.25, 0.3) is 5.56 Å². The highest BCUT2D eigenvalue weighted by molar-refractivity contribution is 7.89. The van der Waals surface area contributed by atoms with Crippen molar-refractivity contribution >= 4 is 26.8 Å². The number of para-hydroxylation sites is 1. The molecule has 3 aromatic rings. The molecule has 8 heteroatoms. The SMILES string of the molecule is CS(=O)(=O)NC(=O)CCCn1ccc(-c2cnc3ccccc3c2)cc1=O. The van der Waals surface area contributed by atoms with E-state index in [0.29, 0.717) is 13.0 Å². The molecule has 27 heavy (non-hydrogen) atoms. The smallest absolute Gasteiger partial charge is 0.251 e. The summed E-state index contributed by atoms with van der Waals surface area (Å²) in [6.45, 7) is 0.326. The number of sulfonamides is 1. The molecule has 2 heterocycles. The molecule has 0 aliphatic rings. The Hall–Kier alpha value is -3.00. The quantitative estimate of drug-likeness (QED) is 0.699. The normalized spacial score (nSPS) is 11.4. The summed E-state index contributed by atoms with van der Waals surface area (Å²) in [5.74, 6) is -0.579. The maximum Gasteiger partial charge on any atom is 0.251 e. The van der Waals surface area contributed by atoms with Crippen molar-refractivity contribution in [3.8, 4) is 11.1 Å². The summed E-state index contributed by atoms with van der Waals surface area (Å²) >= 11 is 0. The monoisotopic (exact) mass is 385 g/mol. The molecule has 0 aliphatic carbocycles. The first-order valence-corrected chi connectivity index (χ1v) is 10.3. The van der Waals surface area contributed by atoms with Crippen molar-refractivity contribution < 1.29 is 13.2 Å². The summed E-state index contributed by atoms with van der Waals surface area (Å²) in [7, 11) is -3.55. The molecule has 0 spiro atoms. The molecule has 140 valence electrons. The van der Waals surface area contributed by atoms with Gasteiger partial charge >= 0.3 is 0 Å². The number of fused-ring (bicyclic) bond motifs is 1. The lowest BCUT2D eigenvalue weighted by atomic mass is 10.1. The number of hydrogen-bond acceptors (Lipinski definition) is 5. The lowest BCUT2D eigenvalue weighted by molar-refractivity contribution is -0.119. The number of benzene rings is 1. The van der Waals surface area contributed by atoms with E-state index < -0.39 is 15.9 Å². The van der Waals surface area contributed by atoms with Crippen LogP contribution in [-0.2, 0) is 21.4 Å². The van der Waals surface area contributed by atoms with E-state index >= 15 is 0 Å². The van der Waals surface area contributed by atoms with Gasteiger partial charge in [-0.2, -0.15) is 0 Å². The topological polar surface area (TPSA) is 98.1 Å². The van der Waals surface area contributed by atoms with Gasteiger partial charge in [0.15, 0.2) is 0 Å². The predicted octanol–water partition coefficient (Wildman–Crippen LogP) is 1.92. The third-order valence-corrected chi connectivity index (χ3v) is 4.62. The van der Waals surface area contributed by atoms with Crippen molar-refractivity contribution in [2.24, 2.45) is 0 Å². The first-order chi connectivity index (χ1) is 12.8. The standard InChI is InChI=1S/C19H19N3O4S/c1-27(25,26)21-18(23)7-4-9-22-10-8-14(12-19(22)24)16-11-15-5-2-3-6-17(15)20-13-16/h2-3,5-6,8,10-13H,4,7,9H2,1H3,(H,21,23). The number of rotatable bonds is 6. The molecule has 1 N–H and O–H groups in total. The maximum atomic E-state index is 12.3. The van der Waals surface area contributed by atoms with Gasteiger partial charge < -0.3 is 4.57 Å². The van der Waals surface area contributed by atoms with Crippen LogP contribution in [0.5, 0.6) is 0 Å². The Morgan fingerprint density at radius 3 is 2.67 bits per heavy atom. The number of aromatic nitrogens is 2. The van der Waals surface area contributed by atoms with Crippen LogP contribution in [0.15, 0.2) is 59.7 Å². The molecule has 0 saturated heterocycles. The van der Waals surface area contributed by atoms with Crippen LogP contribution in [-0.4, -0.2) is 30.1 Å². The summed E-state index contributed by atoms with van der Waals surface area (Å²) in [6, 6.07) is 13.1. The molecule has 0 radical (unpaired) electrons. The number of hydrogen-bond donors (Lipinski definition) is 1. The van der Waals surface area contributed by atoms with Crippen LogP contribution < -0.4 is 10.3 Å². The van der Waals surface area contributed by atoms with Gasteiger partial charge in [-0.3, -0.25) is 19.3 Å². The van der Waals surface area contributed by atoms with Crippen molar-refractivity contribution in [3.05, 3.63) is 65.2 Å². The summed E-state index contributed by atoms with van der Waals surface area (Å²) in [4.78, 5) is 28.2. The first kappa shape index (κ1) is 18.8. The molecular formula is C19H19N3O4S. The van der Waals surface area contributed by atoms with Crippen LogP contribution in [0.2, 0.25) is 0 Å². The zero-order valence-corrected chi connectivity index (χ0v) is 15.6. The van der Waals surface area contributed by atoms with Gasteiger partial charge in [-0.25, -0.2) is 8.42 Å². The van der Waals surface area contributed by atoms with Crippen LogP contribution >= 0.6 is 0 Å². The molecule has 2 aromatic heterocycles. The van der Waals surface area contributed by atoms with Gasteiger partial charge in [0, 0.05) is 42.4 Å². The van der Waals surface area contributed by atoms with Crippen molar-refractivity contribution in [2.75, 3.05) is 6.26 Å². The van der Waals surface area contributed by atoms with Gasteiger partial charge in [-0.15, -0.1) is 0 Å². The van der Waals surface area contributed by atoms with E-state index in [1.54, 1.807) is 12.4 Å². The lowest BCUT2D eigenvalue weighted by Gasteiger charge is -2.08. The number of nitrogens with zero attached hydrogens (tertiary/aromatic N) is 2. The Kier molecular flexibility index (Phi) is 5.36. The fourth-order valence-electron chi connectivity index (χ4n) is 2.77. The van der Waals surface area contributed by atoms with Crippen LogP contribution in [0, 0.1) is 0 Å². The summed E-state index contributed by atoms with van der Waals surface area (Å²) in [5.41, 5.74) is 2.32. The minimum absolute atomic E-state index is 0.0237. The average molecular weight is 385 g/mol. The highest BCUT2D eigenvalue weighted by Crippen LogP contribution is 2.21.